The lowest BCUT2D eigenvalue weighted by Gasteiger charge is -2.58. The molecule has 3 aromatic carbocycles. The lowest BCUT2D eigenvalue weighted by atomic mass is 9.47. The number of allylic oxidation sites excluding steroid dienone is 3. The van der Waals surface area contributed by atoms with Gasteiger partial charge in [0, 0.05) is 66.2 Å². The van der Waals surface area contributed by atoms with Gasteiger partial charge < -0.3 is 48.6 Å². The van der Waals surface area contributed by atoms with Crippen molar-refractivity contribution in [2.24, 2.45) is 139 Å². The molecule has 24 atom stereocenters. The molecule has 666 valence electrons. The number of anilines is 6. The highest BCUT2D eigenvalue weighted by Gasteiger charge is 2.63. The number of hydrogen-bond acceptors (Lipinski definition) is 12. The first-order valence-corrected chi connectivity index (χ1v) is 49.6. The zero-order chi connectivity index (χ0) is 86.0. The highest BCUT2D eigenvalue weighted by Crippen LogP contribution is 2.71. The summed E-state index contributed by atoms with van der Waals surface area (Å²) in [7, 11) is 0. The number of carbonyl (C=O) groups excluding carboxylic acids is 3. The number of esters is 3. The van der Waals surface area contributed by atoms with Crippen molar-refractivity contribution in [3.8, 4) is 0 Å². The molecule has 0 heterocycles. The number of rotatable bonds is 27. The highest BCUT2D eigenvalue weighted by atomic mass is 16.6. The van der Waals surface area contributed by atoms with Crippen LogP contribution >= 0.6 is 0 Å². The molecule has 120 heavy (non-hydrogen) atoms. The molecule has 0 radical (unpaired) electrons. The van der Waals surface area contributed by atoms with E-state index in [9.17, 15) is 14.4 Å². The average molecular weight is 1650 g/mol. The van der Waals surface area contributed by atoms with Gasteiger partial charge in [0.25, 0.3) is 0 Å². The SMILES string of the molecule is CC(C)CCCC(C)C1CCC2C3CC=C4CC(OC(=O)CCCc5cc(N)cc(N)c5)CCC4(C)C3CCC12C.CC(C)CCCC(C)C1CCC2C3CC=C4CC(OC(=O)CCc5cc(N)cc(N)c5)CCC4(C)C3CCC12C.CC(C)CCCC(C)C1CCC2C3CC=C4CC(OC(=O)Cc5cc(N)cc(N)c5)CCC4(C)C3CCC12C. The fourth-order valence-electron chi connectivity index (χ4n) is 30.5. The van der Waals surface area contributed by atoms with Crippen LogP contribution < -0.4 is 34.4 Å². The molecule has 12 aliphatic rings. The molecule has 0 aliphatic heterocycles. The van der Waals surface area contributed by atoms with Crippen LogP contribution in [0.3, 0.4) is 0 Å². The topological polar surface area (TPSA) is 235 Å². The molecule has 12 heteroatoms. The van der Waals surface area contributed by atoms with Crippen molar-refractivity contribution in [1.29, 1.82) is 0 Å². The van der Waals surface area contributed by atoms with Gasteiger partial charge >= 0.3 is 17.9 Å². The Bertz CT molecular complexity index is 4040. The van der Waals surface area contributed by atoms with Gasteiger partial charge in [-0.3, -0.25) is 14.4 Å². The molecule has 12 N–H and O–H groups in total. The Labute approximate surface area is 728 Å². The number of aryl methyl sites for hydroxylation is 2. The number of hydrogen-bond donors (Lipinski definition) is 6. The molecule has 24 unspecified atom stereocenters. The molecule has 12 aliphatic carbocycles. The van der Waals surface area contributed by atoms with E-state index < -0.39 is 0 Å². The van der Waals surface area contributed by atoms with Crippen LogP contribution in [0, 0.1) is 139 Å². The van der Waals surface area contributed by atoms with Crippen LogP contribution in [-0.2, 0) is 47.9 Å². The monoisotopic (exact) mass is 1650 g/mol. The van der Waals surface area contributed by atoms with Crippen LogP contribution in [0.1, 0.15) is 352 Å². The van der Waals surface area contributed by atoms with Crippen LogP contribution in [0.5, 0.6) is 0 Å². The number of nitrogens with two attached hydrogens (primary N) is 6. The van der Waals surface area contributed by atoms with E-state index in [0.29, 0.717) is 75.0 Å². The standard InChI is InChI=1S/C37H58N2O2.C36H56N2O2.C35H54N2O2/c1-24(2)8-6-9-25(3)32-14-15-33-31-13-12-27-22-30(16-18-36(27,4)34(31)17-19-37(32,33)5)41-35(40)11-7-10-26-20-28(38)23-29(39)21-26;1-23(2)7-6-8-24(3)31-12-13-32-30-11-10-26-21-29(15-17-35(26,4)33(30)16-18-36(31,32)5)40-34(39)14-9-25-19-27(37)22-28(38)20-25;1-22(2)7-6-8-23(3)30-11-12-31-29-10-9-25-20-28(13-15-34(25,4)32(29)14-16-35(30,31)5)39-33(38)19-24-17-26(36)21-27(37)18-24/h12,20-21,23-25,30-34H,6-11,13-19,22,38-39H2,1-5H3;10,19-20,22-24,29-33H,6-9,11-18,21,37-38H2,1-5H3;9,17-18,21-23,28-32H,6-8,10-16,19-20,36-37H2,1-5H3. The smallest absolute Gasteiger partial charge is 0.310 e. The van der Waals surface area contributed by atoms with Gasteiger partial charge in [0.2, 0.25) is 0 Å². The summed E-state index contributed by atoms with van der Waals surface area (Å²) < 4.78 is 18.1. The van der Waals surface area contributed by atoms with E-state index in [-0.39, 0.29) is 53.5 Å². The van der Waals surface area contributed by atoms with Crippen LogP contribution in [0.15, 0.2) is 89.5 Å². The van der Waals surface area contributed by atoms with Crippen LogP contribution in [-0.4, -0.2) is 36.2 Å². The van der Waals surface area contributed by atoms with E-state index in [1.807, 2.05) is 36.4 Å². The van der Waals surface area contributed by atoms with E-state index in [4.69, 9.17) is 48.6 Å². The molecular formula is C108H168N6O6. The second-order valence-corrected chi connectivity index (χ2v) is 45.5. The molecule has 12 nitrogen and oxygen atoms in total. The third-order valence-electron chi connectivity index (χ3n) is 36.6. The Hall–Kier alpha value is -5.91. The van der Waals surface area contributed by atoms with Gasteiger partial charge in [0.1, 0.15) is 18.3 Å². The van der Waals surface area contributed by atoms with Gasteiger partial charge in [-0.2, -0.15) is 0 Å². The molecule has 3 aromatic rings. The minimum absolute atomic E-state index is 0.0109. The summed E-state index contributed by atoms with van der Waals surface area (Å²) in [6.07, 6.45) is 53.5. The summed E-state index contributed by atoms with van der Waals surface area (Å²) in [6, 6.07) is 16.5. The second kappa shape index (κ2) is 38.5. The van der Waals surface area contributed by atoms with Crippen molar-refractivity contribution in [1.82, 2.24) is 0 Å². The van der Waals surface area contributed by atoms with E-state index in [1.54, 1.807) is 34.9 Å². The zero-order valence-electron chi connectivity index (χ0n) is 78.0. The fourth-order valence-corrected chi connectivity index (χ4v) is 30.5. The van der Waals surface area contributed by atoms with E-state index in [2.05, 4.69) is 122 Å². The molecule has 0 aromatic heterocycles. The summed E-state index contributed by atoms with van der Waals surface area (Å²) in [4.78, 5) is 38.3. The quantitative estimate of drug-likeness (QED) is 0.0181. The normalized spacial score (nSPS) is 35.9. The first-order chi connectivity index (χ1) is 57.0. The van der Waals surface area contributed by atoms with E-state index in [1.165, 1.54) is 161 Å². The summed E-state index contributed by atoms with van der Waals surface area (Å²) in [5, 5.41) is 0. The number of carbonyl (C=O) groups is 3. The predicted octanol–water partition coefficient (Wildman–Crippen LogP) is 26.2. The van der Waals surface area contributed by atoms with Gasteiger partial charge in [-0.1, -0.05) is 197 Å². The Balaban J connectivity index is 0.000000156. The van der Waals surface area contributed by atoms with Crippen molar-refractivity contribution < 1.29 is 28.6 Å². The van der Waals surface area contributed by atoms with Crippen molar-refractivity contribution in [2.45, 2.75) is 373 Å². The Morgan fingerprint density at radius 2 is 0.633 bits per heavy atom. The summed E-state index contributed by atoms with van der Waals surface area (Å²) in [5.74, 6) is 15.0. The average Bonchev–Trinajstić information content (AvgIpc) is 1.47. The molecule has 9 fully saturated rings. The van der Waals surface area contributed by atoms with Gasteiger partial charge in [-0.25, -0.2) is 0 Å². The van der Waals surface area contributed by atoms with Crippen molar-refractivity contribution in [3.63, 3.8) is 0 Å². The number of fused-ring (bicyclic) bond motifs is 15. The summed E-state index contributed by atoms with van der Waals surface area (Å²) in [6.45, 7) is 37.6. The maximum Gasteiger partial charge on any atom is 0.310 e. The number of nitrogen functional groups attached to an aromatic ring is 6. The minimum Gasteiger partial charge on any atom is -0.462 e. The Kier molecular flexibility index (Phi) is 29.5. The number of ether oxygens (including phenoxy) is 3. The molecule has 0 saturated heterocycles. The van der Waals surface area contributed by atoms with Gasteiger partial charge in [0.05, 0.1) is 6.42 Å². The lowest BCUT2D eigenvalue weighted by Crippen LogP contribution is -2.51. The maximum atomic E-state index is 12.8. The Morgan fingerprint density at radius 3 is 0.958 bits per heavy atom. The van der Waals surface area contributed by atoms with Crippen LogP contribution in [0.2, 0.25) is 0 Å². The van der Waals surface area contributed by atoms with Gasteiger partial charge in [-0.05, 0) is 364 Å². The molecule has 0 amide bonds. The number of benzene rings is 3. The van der Waals surface area contributed by atoms with E-state index in [0.717, 1.165) is 187 Å². The highest BCUT2D eigenvalue weighted by molar-refractivity contribution is 5.74. The van der Waals surface area contributed by atoms with Crippen LogP contribution in [0.4, 0.5) is 34.1 Å². The molecule has 15 rings (SSSR count). The minimum atomic E-state index is -0.171. The third kappa shape index (κ3) is 20.3. The molecule has 0 spiro atoms. The van der Waals surface area contributed by atoms with Crippen LogP contribution in [0.25, 0.3) is 0 Å². The first kappa shape index (κ1) is 91.8. The predicted molar refractivity (Wildman–Crippen MR) is 500 cm³/mol. The van der Waals surface area contributed by atoms with Crippen molar-refractivity contribution in [3.05, 3.63) is 106 Å². The van der Waals surface area contributed by atoms with E-state index >= 15 is 0 Å². The zero-order valence-corrected chi connectivity index (χ0v) is 78.0. The third-order valence-corrected chi connectivity index (χ3v) is 36.6. The largest absolute Gasteiger partial charge is 0.462 e. The van der Waals surface area contributed by atoms with Gasteiger partial charge in [0.15, 0.2) is 0 Å². The van der Waals surface area contributed by atoms with Crippen molar-refractivity contribution >= 4 is 52.0 Å². The van der Waals surface area contributed by atoms with Crippen molar-refractivity contribution in [2.75, 3.05) is 34.4 Å². The summed E-state index contributed by atoms with van der Waals surface area (Å²) in [5.41, 5.74) is 49.4. The first-order valence-electron chi connectivity index (χ1n) is 49.6. The lowest BCUT2D eigenvalue weighted by molar-refractivity contribution is -0.152. The maximum absolute atomic E-state index is 12.8. The fraction of sp³-hybridized carbons (Fsp3) is 0.750. The molecular weight excluding hydrogens is 1480 g/mol. The summed E-state index contributed by atoms with van der Waals surface area (Å²) >= 11 is 0. The molecule has 0 bridgehead atoms. The Morgan fingerprint density at radius 1 is 0.333 bits per heavy atom. The molecule has 9 saturated carbocycles. The van der Waals surface area contributed by atoms with Gasteiger partial charge in [-0.15, -0.1) is 0 Å². The second-order valence-electron chi connectivity index (χ2n) is 45.5.